The van der Waals surface area contributed by atoms with Crippen molar-refractivity contribution in [3.63, 3.8) is 0 Å². The van der Waals surface area contributed by atoms with Gasteiger partial charge in [-0.1, -0.05) is 6.42 Å². The van der Waals surface area contributed by atoms with Gasteiger partial charge in [-0.3, -0.25) is 43.3 Å². The van der Waals surface area contributed by atoms with Crippen molar-refractivity contribution in [3.8, 4) is 0 Å². The Morgan fingerprint density at radius 1 is 0.454 bits per heavy atom. The fourth-order valence-corrected chi connectivity index (χ4v) is 8.89. The highest BCUT2D eigenvalue weighted by molar-refractivity contribution is 5.89. The van der Waals surface area contributed by atoms with Crippen molar-refractivity contribution in [2.45, 2.75) is 274 Å². The number of nitrogens with one attached hydrogen (secondary N) is 3. The van der Waals surface area contributed by atoms with Crippen molar-refractivity contribution in [2.75, 3.05) is 39.3 Å². The summed E-state index contributed by atoms with van der Waals surface area (Å²) in [6.07, 6.45) is 3.82. The molecule has 0 saturated heterocycles. The molecule has 0 aromatic carbocycles. The first-order valence-electron chi connectivity index (χ1n) is 32.3. The van der Waals surface area contributed by atoms with Crippen LogP contribution in [0, 0.1) is 0 Å². The first-order valence-corrected chi connectivity index (χ1v) is 32.3. The molecule has 31 nitrogen and oxygen atoms in total. The van der Waals surface area contributed by atoms with Gasteiger partial charge in [0.15, 0.2) is 0 Å². The zero-order valence-electron chi connectivity index (χ0n) is 60.8. The maximum atomic E-state index is 14.2. The summed E-state index contributed by atoms with van der Waals surface area (Å²) >= 11 is 0. The second kappa shape index (κ2) is 36.8. The van der Waals surface area contributed by atoms with Crippen LogP contribution in [0.4, 0.5) is 9.59 Å². The van der Waals surface area contributed by atoms with E-state index in [-0.39, 0.29) is 45.3 Å². The normalized spacial score (nSPS) is 13.2. The summed E-state index contributed by atoms with van der Waals surface area (Å²) in [5.41, 5.74) is -6.51. The minimum atomic E-state index is -1.63. The van der Waals surface area contributed by atoms with E-state index in [9.17, 15) is 62.6 Å². The number of carbonyl (C=O) groups excluding carboxylic acids is 11. The summed E-state index contributed by atoms with van der Waals surface area (Å²) in [5, 5.41) is 17.3. The van der Waals surface area contributed by atoms with Crippen molar-refractivity contribution in [1.82, 2.24) is 49.8 Å². The van der Waals surface area contributed by atoms with Gasteiger partial charge in [0.1, 0.15) is 109 Å². The molecule has 3 atom stereocenters. The van der Waals surface area contributed by atoms with Crippen molar-refractivity contribution >= 4 is 71.7 Å². The molecule has 0 spiro atoms. The molecule has 2 rings (SSSR count). The Hall–Kier alpha value is -8.38. The van der Waals surface area contributed by atoms with Crippen LogP contribution in [0.1, 0.15) is 202 Å². The topological polar surface area (TPSA) is 380 Å². The van der Waals surface area contributed by atoms with E-state index in [1.807, 2.05) is 4.90 Å². The van der Waals surface area contributed by atoms with E-state index >= 15 is 0 Å². The number of rotatable bonds is 34. The summed E-state index contributed by atoms with van der Waals surface area (Å²) in [4.78, 5) is 173. The molecule has 2 aromatic heterocycles. The van der Waals surface area contributed by atoms with Crippen molar-refractivity contribution in [1.29, 1.82) is 0 Å². The van der Waals surface area contributed by atoms with Crippen molar-refractivity contribution < 1.29 is 101 Å². The van der Waals surface area contributed by atoms with Crippen LogP contribution in [0.2, 0.25) is 0 Å². The number of hydrogen-bond acceptors (Lipinski definition) is 23. The average Bonchev–Trinajstić information content (AvgIpc) is 1.79. The Morgan fingerprint density at radius 3 is 1.13 bits per heavy atom. The lowest BCUT2D eigenvalue weighted by Gasteiger charge is -2.27. The average molecular weight is 1380 g/mol. The molecule has 0 radical (unpaired) electrons. The Bertz CT molecular complexity index is 2820. The van der Waals surface area contributed by atoms with E-state index in [0.29, 0.717) is 24.5 Å². The Morgan fingerprint density at radius 2 is 0.794 bits per heavy atom. The highest BCUT2D eigenvalue weighted by Gasteiger charge is 2.34. The lowest BCUT2D eigenvalue weighted by Crippen LogP contribution is -2.53. The number of hydrogen-bond donors (Lipinski definition) is 4. The summed E-state index contributed by atoms with van der Waals surface area (Å²) in [5.74, 6) is -6.84. The lowest BCUT2D eigenvalue weighted by atomic mass is 10.1. The molecule has 0 aliphatic heterocycles. The minimum Gasteiger partial charge on any atom is -0.460 e. The molecule has 5 amide bonds. The van der Waals surface area contributed by atoms with Crippen molar-refractivity contribution in [2.24, 2.45) is 0 Å². The SMILES string of the molecule is CC(C)(C)OC(=O)CC[C@H](NC(=O)N[C@@H](CCC(=O)N[C@@H](CCCCN(Cc1nccn1CC(=O)N(CC(=O)OC(C)(C)C)CC(=O)OC(C)(C)C)Cc1nccn1CC(=O)N(CC(=O)OC(C)(C)C)CC(=O)OC(C)(C)C)COC(=O)O)C(=O)OC(C)(C)C)C(=O)OC(C)(C)C. The molecule has 4 N–H and O–H groups in total. The van der Waals surface area contributed by atoms with Crippen molar-refractivity contribution in [3.05, 3.63) is 36.4 Å². The Kier molecular flexibility index (Phi) is 32.2. The van der Waals surface area contributed by atoms with Gasteiger partial charge in [-0.25, -0.2) is 29.1 Å². The summed E-state index contributed by atoms with van der Waals surface area (Å²) in [6, 6.07) is -4.81. The maximum absolute atomic E-state index is 14.2. The monoisotopic (exact) mass is 1380 g/mol. The molecule has 2 heterocycles. The number of esters is 7. The van der Waals surface area contributed by atoms with Gasteiger partial charge in [-0.15, -0.1) is 0 Å². The molecule has 31 heteroatoms. The molecule has 0 bridgehead atoms. The van der Waals surface area contributed by atoms with E-state index in [1.165, 1.54) is 33.9 Å². The first kappa shape index (κ1) is 84.7. The van der Waals surface area contributed by atoms with Gasteiger partial charge in [0.2, 0.25) is 17.7 Å². The minimum absolute atomic E-state index is 0.00351. The van der Waals surface area contributed by atoms with E-state index in [1.54, 1.807) is 145 Å². The van der Waals surface area contributed by atoms with Crippen LogP contribution in [0.25, 0.3) is 0 Å². The number of carbonyl (C=O) groups is 12. The second-order valence-electron chi connectivity index (χ2n) is 30.3. The second-order valence-corrected chi connectivity index (χ2v) is 30.3. The number of nitrogens with zero attached hydrogens (tertiary/aromatic N) is 7. The van der Waals surface area contributed by atoms with Crippen LogP contribution in [-0.2, 0) is 112 Å². The zero-order valence-corrected chi connectivity index (χ0v) is 60.8. The number of aromatic nitrogens is 4. The quantitative estimate of drug-likeness (QED) is 0.0350. The van der Waals surface area contributed by atoms with Gasteiger partial charge >= 0.3 is 54.0 Å². The number of imidazole rings is 2. The highest BCUT2D eigenvalue weighted by Crippen LogP contribution is 2.19. The number of carboxylic acid groups (broad SMARTS) is 1. The number of unbranched alkanes of at least 4 members (excludes halogenated alkanes) is 1. The van der Waals surface area contributed by atoms with Crippen LogP contribution in [0.3, 0.4) is 0 Å². The van der Waals surface area contributed by atoms with Crippen LogP contribution < -0.4 is 16.0 Å². The lowest BCUT2D eigenvalue weighted by molar-refractivity contribution is -0.165. The molecular formula is C66H108N10O21. The summed E-state index contributed by atoms with van der Waals surface area (Å²) < 4.78 is 46.4. The predicted octanol–water partition coefficient (Wildman–Crippen LogP) is 6.08. The number of urea groups is 1. The smallest absolute Gasteiger partial charge is 0.460 e. The third-order valence-electron chi connectivity index (χ3n) is 12.4. The summed E-state index contributed by atoms with van der Waals surface area (Å²) in [6.45, 7) is 31.1. The van der Waals surface area contributed by atoms with Crippen LogP contribution in [0.5, 0.6) is 0 Å². The van der Waals surface area contributed by atoms with E-state index in [4.69, 9.17) is 37.9 Å². The largest absolute Gasteiger partial charge is 0.505 e. The standard InChI is InChI=1S/C66H108N10O21/c1-60(2,3)91-51(80)28-26-45(57(86)97-66(19,20)21)71-58(87)70-44(56(85)96-65(16,17)18)25-27-48(77)69-43(42-90-59(88)89)24-22-23-31-72(34-46-67-29-32-73(46)36-49(78)75(38-52(81)92-61(4,5)6)39-53(82)93-62(7,8)9)35-47-68-30-33-74(47)37-50(79)76(40-54(83)94-63(10,11)12)41-55(84)95-64(13,14)15/h29-30,32-33,43-45H,22-28,31,34-42H2,1-21H3,(H,69,77)(H,88,89)(H2,70,71,87)/t43-,44-,45-/m0/s1. The molecule has 0 fully saturated rings. The van der Waals surface area contributed by atoms with Crippen LogP contribution in [-0.4, -0.2) is 207 Å². The van der Waals surface area contributed by atoms with Gasteiger partial charge in [-0.2, -0.15) is 0 Å². The fraction of sp³-hybridized carbons (Fsp3) is 0.727. The van der Waals surface area contributed by atoms with E-state index in [0.717, 1.165) is 9.80 Å². The Labute approximate surface area is 569 Å². The van der Waals surface area contributed by atoms with Gasteiger partial charge in [0.05, 0.1) is 19.1 Å². The summed E-state index contributed by atoms with van der Waals surface area (Å²) in [7, 11) is 0. The van der Waals surface area contributed by atoms with Gasteiger partial charge in [-0.05, 0) is 178 Å². The molecule has 0 aliphatic carbocycles. The van der Waals surface area contributed by atoms with E-state index in [2.05, 4.69) is 25.9 Å². The molecule has 97 heavy (non-hydrogen) atoms. The molecule has 0 saturated carbocycles. The molecular weight excluding hydrogens is 1270 g/mol. The fourth-order valence-electron chi connectivity index (χ4n) is 8.89. The molecule has 0 aliphatic rings. The zero-order chi connectivity index (χ0) is 74.2. The number of ether oxygens (including phenoxy) is 8. The third-order valence-corrected chi connectivity index (χ3v) is 12.4. The van der Waals surface area contributed by atoms with Gasteiger partial charge in [0, 0.05) is 37.6 Å². The van der Waals surface area contributed by atoms with Crippen LogP contribution in [0.15, 0.2) is 24.8 Å². The maximum Gasteiger partial charge on any atom is 0.505 e. The molecule has 548 valence electrons. The van der Waals surface area contributed by atoms with Crippen LogP contribution >= 0.6 is 0 Å². The predicted molar refractivity (Wildman–Crippen MR) is 350 cm³/mol. The first-order chi connectivity index (χ1) is 44.2. The Balaban J connectivity index is 2.55. The third kappa shape index (κ3) is 38.8. The number of amides is 5. The van der Waals surface area contributed by atoms with E-state index < -0.39 is 181 Å². The van der Waals surface area contributed by atoms with Gasteiger partial charge < -0.3 is 77.9 Å². The molecule has 0 unspecified atom stereocenters. The molecule has 2 aromatic rings. The highest BCUT2D eigenvalue weighted by atomic mass is 16.7. The van der Waals surface area contributed by atoms with Gasteiger partial charge in [0.25, 0.3) is 0 Å².